The summed E-state index contributed by atoms with van der Waals surface area (Å²) in [7, 11) is 0. The van der Waals surface area contributed by atoms with Crippen LogP contribution in [0.25, 0.3) is 0 Å². The van der Waals surface area contributed by atoms with Crippen LogP contribution in [0.2, 0.25) is 0 Å². The lowest BCUT2D eigenvalue weighted by atomic mass is 10.1. The van der Waals surface area contributed by atoms with Gasteiger partial charge in [-0.25, -0.2) is 4.39 Å². The van der Waals surface area contributed by atoms with Crippen LogP contribution in [0.4, 0.5) is 15.8 Å². The number of nitro benzene ring substituents is 1. The van der Waals surface area contributed by atoms with Crippen molar-refractivity contribution in [3.8, 4) is 0 Å². The lowest BCUT2D eigenvalue weighted by molar-refractivity contribution is -0.384. The van der Waals surface area contributed by atoms with Gasteiger partial charge < -0.3 is 10.6 Å². The normalized spacial score (nSPS) is 10.6. The fraction of sp³-hybridized carbons (Fsp3) is 0.130. The van der Waals surface area contributed by atoms with Crippen LogP contribution in [-0.2, 0) is 0 Å². The molecule has 3 aromatic carbocycles. The Hall–Kier alpha value is -3.72. The lowest BCUT2D eigenvalue weighted by Gasteiger charge is -2.12. The van der Waals surface area contributed by atoms with Crippen LogP contribution in [0.3, 0.4) is 0 Å². The van der Waals surface area contributed by atoms with E-state index in [0.717, 1.165) is 17.8 Å². The second-order valence-electron chi connectivity index (χ2n) is 7.13. The van der Waals surface area contributed by atoms with Gasteiger partial charge in [0, 0.05) is 39.2 Å². The number of hydrogen-bond acceptors (Lipinski definition) is 5. The smallest absolute Gasteiger partial charge is 0.270 e. The molecule has 7 nitrogen and oxygen atoms in total. The molecule has 0 atom stereocenters. The SMILES string of the molecule is CC(C)NC(=O)c1ccc(NC(=O)c2cc([N+](=O)[O-])ccc2Sc2ccccc2F)cc1. The highest BCUT2D eigenvalue weighted by Crippen LogP contribution is 2.34. The van der Waals surface area contributed by atoms with Gasteiger partial charge in [-0.1, -0.05) is 23.9 Å². The maximum absolute atomic E-state index is 14.1. The number of nitrogens with zero attached hydrogens (tertiary/aromatic N) is 1. The van der Waals surface area contributed by atoms with Crippen molar-refractivity contribution in [2.45, 2.75) is 29.7 Å². The Bertz CT molecular complexity index is 1170. The minimum Gasteiger partial charge on any atom is -0.350 e. The fourth-order valence-electron chi connectivity index (χ4n) is 2.79. The molecule has 0 radical (unpaired) electrons. The largest absolute Gasteiger partial charge is 0.350 e. The van der Waals surface area contributed by atoms with Gasteiger partial charge in [0.05, 0.1) is 10.5 Å². The first kappa shape index (κ1) is 23.0. The van der Waals surface area contributed by atoms with E-state index in [1.54, 1.807) is 42.5 Å². The second-order valence-corrected chi connectivity index (χ2v) is 8.21. The van der Waals surface area contributed by atoms with Crippen LogP contribution < -0.4 is 10.6 Å². The van der Waals surface area contributed by atoms with Crippen molar-refractivity contribution in [1.82, 2.24) is 5.32 Å². The van der Waals surface area contributed by atoms with E-state index in [4.69, 9.17) is 0 Å². The molecule has 0 unspecified atom stereocenters. The topological polar surface area (TPSA) is 101 Å². The molecule has 3 rings (SSSR count). The van der Waals surface area contributed by atoms with Gasteiger partial charge in [0.1, 0.15) is 5.82 Å². The number of halogens is 1. The van der Waals surface area contributed by atoms with E-state index in [-0.39, 0.29) is 28.1 Å². The second kappa shape index (κ2) is 10.1. The van der Waals surface area contributed by atoms with E-state index in [9.17, 15) is 24.1 Å². The summed E-state index contributed by atoms with van der Waals surface area (Å²) in [6, 6.07) is 16.2. The van der Waals surface area contributed by atoms with Crippen LogP contribution >= 0.6 is 11.8 Å². The van der Waals surface area contributed by atoms with Crippen molar-refractivity contribution >= 4 is 35.0 Å². The van der Waals surface area contributed by atoms with Gasteiger partial charge in [0.2, 0.25) is 0 Å². The van der Waals surface area contributed by atoms with Crippen LogP contribution in [0.15, 0.2) is 76.5 Å². The van der Waals surface area contributed by atoms with Gasteiger partial charge >= 0.3 is 0 Å². The summed E-state index contributed by atoms with van der Waals surface area (Å²) < 4.78 is 14.1. The predicted molar refractivity (Wildman–Crippen MR) is 121 cm³/mol. The first-order valence-corrected chi connectivity index (χ1v) is 10.5. The number of carbonyl (C=O) groups is 2. The molecule has 0 spiro atoms. The number of carbonyl (C=O) groups excluding carboxylic acids is 2. The molecular weight excluding hydrogens is 433 g/mol. The molecule has 0 aliphatic heterocycles. The molecule has 0 aromatic heterocycles. The number of nitro groups is 1. The van der Waals surface area contributed by atoms with Crippen molar-refractivity contribution in [3.63, 3.8) is 0 Å². The molecule has 0 saturated carbocycles. The van der Waals surface area contributed by atoms with E-state index in [1.807, 2.05) is 13.8 Å². The molecule has 0 heterocycles. The number of nitrogens with one attached hydrogen (secondary N) is 2. The molecule has 0 saturated heterocycles. The average Bonchev–Trinajstić information content (AvgIpc) is 2.75. The fourth-order valence-corrected chi connectivity index (χ4v) is 3.74. The van der Waals surface area contributed by atoms with E-state index in [1.165, 1.54) is 18.2 Å². The van der Waals surface area contributed by atoms with Crippen LogP contribution in [-0.4, -0.2) is 22.8 Å². The van der Waals surface area contributed by atoms with E-state index in [0.29, 0.717) is 16.1 Å². The zero-order chi connectivity index (χ0) is 23.3. The quantitative estimate of drug-likeness (QED) is 0.375. The molecule has 0 fully saturated rings. The predicted octanol–water partition coefficient (Wildman–Crippen LogP) is 5.28. The maximum atomic E-state index is 14.1. The van der Waals surface area contributed by atoms with Crippen molar-refractivity contribution in [2.24, 2.45) is 0 Å². The minimum atomic E-state index is -0.601. The third kappa shape index (κ3) is 5.70. The summed E-state index contributed by atoms with van der Waals surface area (Å²) >= 11 is 1.00. The zero-order valence-electron chi connectivity index (χ0n) is 17.3. The van der Waals surface area contributed by atoms with Gasteiger partial charge in [-0.3, -0.25) is 19.7 Å². The Labute approximate surface area is 188 Å². The van der Waals surface area contributed by atoms with Crippen LogP contribution in [0, 0.1) is 15.9 Å². The van der Waals surface area contributed by atoms with Crippen molar-refractivity contribution in [2.75, 3.05) is 5.32 Å². The van der Waals surface area contributed by atoms with Crippen LogP contribution in [0.5, 0.6) is 0 Å². The summed E-state index contributed by atoms with van der Waals surface area (Å²) in [4.78, 5) is 36.2. The molecule has 164 valence electrons. The Morgan fingerprint density at radius 1 is 0.969 bits per heavy atom. The molecule has 32 heavy (non-hydrogen) atoms. The van der Waals surface area contributed by atoms with Crippen molar-refractivity contribution in [3.05, 3.63) is 93.8 Å². The van der Waals surface area contributed by atoms with Gasteiger partial charge in [-0.15, -0.1) is 0 Å². The molecule has 3 aromatic rings. The Kier molecular flexibility index (Phi) is 7.21. The third-order valence-electron chi connectivity index (χ3n) is 4.30. The summed E-state index contributed by atoms with van der Waals surface area (Å²) in [6.45, 7) is 3.70. The highest BCUT2D eigenvalue weighted by molar-refractivity contribution is 7.99. The molecular formula is C23H20FN3O4S. The standard InChI is InChI=1S/C23H20FN3O4S/c1-14(2)25-22(28)15-7-9-16(10-8-15)26-23(29)18-13-17(27(30)31)11-12-20(18)32-21-6-4-3-5-19(21)24/h3-14H,1-2H3,(H,25,28)(H,26,29). The van der Waals surface area contributed by atoms with Crippen LogP contribution in [0.1, 0.15) is 34.6 Å². The number of non-ortho nitro benzene ring substituents is 1. The average molecular weight is 453 g/mol. The molecule has 9 heteroatoms. The summed E-state index contributed by atoms with van der Waals surface area (Å²) in [6.07, 6.45) is 0. The Morgan fingerprint density at radius 3 is 2.28 bits per heavy atom. The van der Waals surface area contributed by atoms with Crippen molar-refractivity contribution < 1.29 is 18.9 Å². The molecule has 0 aliphatic rings. The van der Waals surface area contributed by atoms with Gasteiger partial charge in [0.15, 0.2) is 0 Å². The summed E-state index contributed by atoms with van der Waals surface area (Å²) in [5, 5.41) is 16.6. The van der Waals surface area contributed by atoms with Gasteiger partial charge in [-0.05, 0) is 56.3 Å². The minimum absolute atomic E-state index is 0.0128. The first-order chi connectivity index (χ1) is 15.2. The molecule has 2 N–H and O–H groups in total. The number of rotatable bonds is 7. The number of benzene rings is 3. The van der Waals surface area contributed by atoms with Gasteiger partial charge in [-0.2, -0.15) is 0 Å². The Morgan fingerprint density at radius 2 is 1.66 bits per heavy atom. The monoisotopic (exact) mass is 453 g/mol. The lowest BCUT2D eigenvalue weighted by Crippen LogP contribution is -2.30. The number of hydrogen-bond donors (Lipinski definition) is 2. The highest BCUT2D eigenvalue weighted by Gasteiger charge is 2.19. The first-order valence-electron chi connectivity index (χ1n) is 9.67. The van der Waals surface area contributed by atoms with E-state index in [2.05, 4.69) is 10.6 Å². The molecule has 0 bridgehead atoms. The van der Waals surface area contributed by atoms with Crippen molar-refractivity contribution in [1.29, 1.82) is 0 Å². The number of amides is 2. The highest BCUT2D eigenvalue weighted by atomic mass is 32.2. The zero-order valence-corrected chi connectivity index (χ0v) is 18.1. The Balaban J connectivity index is 1.86. The van der Waals surface area contributed by atoms with E-state index >= 15 is 0 Å². The van der Waals surface area contributed by atoms with Gasteiger partial charge in [0.25, 0.3) is 17.5 Å². The van der Waals surface area contributed by atoms with E-state index < -0.39 is 16.6 Å². The summed E-state index contributed by atoms with van der Waals surface area (Å²) in [5.74, 6) is -1.29. The third-order valence-corrected chi connectivity index (χ3v) is 5.43. The summed E-state index contributed by atoms with van der Waals surface area (Å²) in [5.41, 5.74) is 0.620. The number of anilines is 1. The molecule has 0 aliphatic carbocycles. The molecule has 2 amide bonds. The maximum Gasteiger partial charge on any atom is 0.270 e.